The number of halogens is 1. The van der Waals surface area contributed by atoms with Crippen LogP contribution in [0.25, 0.3) is 22.3 Å². The number of aryl methyl sites for hydroxylation is 1. The van der Waals surface area contributed by atoms with Crippen molar-refractivity contribution in [2.24, 2.45) is 0 Å². The molecule has 9 heteroatoms. The Morgan fingerprint density at radius 2 is 1.79 bits per heavy atom. The highest BCUT2D eigenvalue weighted by atomic mass is 32.2. The zero-order valence-electron chi connectivity index (χ0n) is 19.3. The van der Waals surface area contributed by atoms with Crippen molar-refractivity contribution in [1.82, 2.24) is 20.1 Å². The Kier molecular flexibility index (Phi) is 6.14. The lowest BCUT2D eigenvalue weighted by Gasteiger charge is -2.17. The van der Waals surface area contributed by atoms with Crippen LogP contribution < -0.4 is 5.32 Å². The molecular weight excluding hydrogens is 455 g/mol. The summed E-state index contributed by atoms with van der Waals surface area (Å²) in [6, 6.07) is 7.52. The van der Waals surface area contributed by atoms with E-state index in [0.29, 0.717) is 40.0 Å². The molecule has 5 rings (SSSR count). The van der Waals surface area contributed by atoms with Crippen LogP contribution in [0.1, 0.15) is 67.0 Å². The number of pyridine rings is 1. The lowest BCUT2D eigenvalue weighted by molar-refractivity contribution is 0.0935. The number of carbonyl (C=O) groups excluding carboxylic acids is 1. The number of sulfone groups is 1. The van der Waals surface area contributed by atoms with Gasteiger partial charge < -0.3 is 5.32 Å². The first-order chi connectivity index (χ1) is 16.3. The van der Waals surface area contributed by atoms with Crippen LogP contribution in [0.3, 0.4) is 0 Å². The van der Waals surface area contributed by atoms with Gasteiger partial charge in [-0.2, -0.15) is 5.10 Å². The number of fused-ring (bicyclic) bond motifs is 1. The molecule has 1 amide bonds. The van der Waals surface area contributed by atoms with Crippen molar-refractivity contribution in [1.29, 1.82) is 0 Å². The fourth-order valence-electron chi connectivity index (χ4n) is 5.17. The van der Waals surface area contributed by atoms with Gasteiger partial charge in [-0.3, -0.25) is 4.79 Å². The van der Waals surface area contributed by atoms with Gasteiger partial charge in [0.25, 0.3) is 5.91 Å². The van der Waals surface area contributed by atoms with Crippen molar-refractivity contribution >= 4 is 26.8 Å². The zero-order chi connectivity index (χ0) is 23.9. The van der Waals surface area contributed by atoms with Gasteiger partial charge in [0.2, 0.25) is 0 Å². The standard InChI is InChI=1S/C25H29FN4O3S/c1-16-23-21(25(31)27-19-6-4-2-3-5-7-19)14-22(17-8-10-18(26)11-9-17)28-24(23)30(29-16)20-12-13-34(32,33)15-20/h8-11,14,19-20H,2-7,12-13,15H2,1H3,(H,27,31). The van der Waals surface area contributed by atoms with Crippen molar-refractivity contribution in [3.63, 3.8) is 0 Å². The van der Waals surface area contributed by atoms with Crippen LogP contribution >= 0.6 is 0 Å². The van der Waals surface area contributed by atoms with Crippen LogP contribution in [0.5, 0.6) is 0 Å². The zero-order valence-corrected chi connectivity index (χ0v) is 20.1. The van der Waals surface area contributed by atoms with E-state index in [1.54, 1.807) is 22.9 Å². The molecule has 1 unspecified atom stereocenters. The Labute approximate surface area is 198 Å². The molecule has 7 nitrogen and oxygen atoms in total. The minimum atomic E-state index is -3.13. The van der Waals surface area contributed by atoms with E-state index < -0.39 is 9.84 Å². The van der Waals surface area contributed by atoms with Crippen molar-refractivity contribution < 1.29 is 17.6 Å². The molecule has 1 aliphatic carbocycles. The van der Waals surface area contributed by atoms with Gasteiger partial charge in [0.1, 0.15) is 5.82 Å². The summed E-state index contributed by atoms with van der Waals surface area (Å²) in [7, 11) is -3.13. The number of carbonyl (C=O) groups is 1. The number of hydrogen-bond donors (Lipinski definition) is 1. The molecule has 1 N–H and O–H groups in total. The molecule has 0 bridgehead atoms. The normalized spacial score (nSPS) is 20.9. The van der Waals surface area contributed by atoms with E-state index >= 15 is 0 Å². The molecule has 1 saturated heterocycles. The number of nitrogens with zero attached hydrogens (tertiary/aromatic N) is 3. The first-order valence-corrected chi connectivity index (χ1v) is 13.8. The van der Waals surface area contributed by atoms with Gasteiger partial charge in [0, 0.05) is 11.6 Å². The lowest BCUT2D eigenvalue weighted by atomic mass is 10.0. The van der Waals surface area contributed by atoms with Gasteiger partial charge in [0.05, 0.1) is 39.9 Å². The molecule has 0 spiro atoms. The summed E-state index contributed by atoms with van der Waals surface area (Å²) in [5.74, 6) is -0.405. The minimum Gasteiger partial charge on any atom is -0.349 e. The Morgan fingerprint density at radius 3 is 2.44 bits per heavy atom. The van der Waals surface area contributed by atoms with Crippen molar-refractivity contribution in [3.8, 4) is 11.3 Å². The molecule has 1 aliphatic heterocycles. The van der Waals surface area contributed by atoms with Gasteiger partial charge in [0.15, 0.2) is 15.5 Å². The summed E-state index contributed by atoms with van der Waals surface area (Å²) in [5, 5.41) is 8.50. The average Bonchev–Trinajstić information content (AvgIpc) is 3.21. The number of aromatic nitrogens is 3. The molecule has 2 fully saturated rings. The molecule has 1 saturated carbocycles. The highest BCUT2D eigenvalue weighted by Crippen LogP contribution is 2.32. The van der Waals surface area contributed by atoms with Gasteiger partial charge in [-0.25, -0.2) is 22.5 Å². The molecular formula is C25H29FN4O3S. The van der Waals surface area contributed by atoms with E-state index in [0.717, 1.165) is 25.7 Å². The second-order valence-corrected chi connectivity index (χ2v) is 11.7. The molecule has 2 aromatic heterocycles. The number of rotatable bonds is 4. The van der Waals surface area contributed by atoms with Crippen molar-refractivity contribution in [2.45, 2.75) is 64.0 Å². The van der Waals surface area contributed by atoms with E-state index in [2.05, 4.69) is 10.4 Å². The Bertz CT molecular complexity index is 1330. The van der Waals surface area contributed by atoms with Gasteiger partial charge in [-0.15, -0.1) is 0 Å². The quantitative estimate of drug-likeness (QED) is 0.556. The Morgan fingerprint density at radius 1 is 1.09 bits per heavy atom. The topological polar surface area (TPSA) is 93.9 Å². The first-order valence-electron chi connectivity index (χ1n) is 12.0. The summed E-state index contributed by atoms with van der Waals surface area (Å²) in [4.78, 5) is 18.3. The molecule has 0 radical (unpaired) electrons. The second-order valence-electron chi connectivity index (χ2n) is 9.51. The van der Waals surface area contributed by atoms with E-state index in [-0.39, 0.29) is 35.3 Å². The first kappa shape index (κ1) is 23.0. The summed E-state index contributed by atoms with van der Waals surface area (Å²) in [6.45, 7) is 1.82. The fraction of sp³-hybridized carbons (Fsp3) is 0.480. The maximum Gasteiger partial charge on any atom is 0.252 e. The van der Waals surface area contributed by atoms with Crippen LogP contribution in [0.4, 0.5) is 4.39 Å². The number of hydrogen-bond acceptors (Lipinski definition) is 5. The third-order valence-corrected chi connectivity index (χ3v) is 8.72. The summed E-state index contributed by atoms with van der Waals surface area (Å²) >= 11 is 0. The maximum absolute atomic E-state index is 13.5. The Hall–Kier alpha value is -2.81. The summed E-state index contributed by atoms with van der Waals surface area (Å²) in [6.07, 6.45) is 6.97. The molecule has 34 heavy (non-hydrogen) atoms. The van der Waals surface area contributed by atoms with Gasteiger partial charge in [-0.1, -0.05) is 25.7 Å². The summed E-state index contributed by atoms with van der Waals surface area (Å²) in [5.41, 5.74) is 2.81. The third-order valence-electron chi connectivity index (χ3n) is 6.97. The highest BCUT2D eigenvalue weighted by molar-refractivity contribution is 7.91. The van der Waals surface area contributed by atoms with Crippen LogP contribution in [0.15, 0.2) is 30.3 Å². The predicted molar refractivity (Wildman–Crippen MR) is 129 cm³/mol. The van der Waals surface area contributed by atoms with Gasteiger partial charge >= 0.3 is 0 Å². The molecule has 1 aromatic carbocycles. The number of amides is 1. The molecule has 3 aromatic rings. The van der Waals surface area contributed by atoms with E-state index in [1.807, 2.05) is 6.92 Å². The monoisotopic (exact) mass is 484 g/mol. The highest BCUT2D eigenvalue weighted by Gasteiger charge is 2.32. The molecule has 3 heterocycles. The van der Waals surface area contributed by atoms with Gasteiger partial charge in [-0.05, 0) is 56.5 Å². The average molecular weight is 485 g/mol. The van der Waals surface area contributed by atoms with Crippen molar-refractivity contribution in [2.75, 3.05) is 11.5 Å². The van der Waals surface area contributed by atoms with Crippen LogP contribution in [-0.2, 0) is 9.84 Å². The second kappa shape index (κ2) is 9.09. The van der Waals surface area contributed by atoms with Crippen LogP contribution in [0, 0.1) is 12.7 Å². The maximum atomic E-state index is 13.5. The minimum absolute atomic E-state index is 0.00921. The van der Waals surface area contributed by atoms with E-state index in [9.17, 15) is 17.6 Å². The van der Waals surface area contributed by atoms with E-state index in [1.165, 1.54) is 25.0 Å². The molecule has 1 atom stereocenters. The lowest BCUT2D eigenvalue weighted by Crippen LogP contribution is -2.34. The smallest absolute Gasteiger partial charge is 0.252 e. The third kappa shape index (κ3) is 4.58. The Balaban J connectivity index is 1.62. The number of nitrogens with one attached hydrogen (secondary N) is 1. The van der Waals surface area contributed by atoms with Crippen LogP contribution in [-0.4, -0.2) is 46.6 Å². The van der Waals surface area contributed by atoms with Crippen LogP contribution in [0.2, 0.25) is 0 Å². The van der Waals surface area contributed by atoms with E-state index in [4.69, 9.17) is 4.98 Å². The summed E-state index contributed by atoms with van der Waals surface area (Å²) < 4.78 is 39.5. The van der Waals surface area contributed by atoms with Crippen molar-refractivity contribution in [3.05, 3.63) is 47.4 Å². The SMILES string of the molecule is Cc1nn(C2CCS(=O)(=O)C2)c2nc(-c3ccc(F)cc3)cc(C(=O)NC3CCCCCC3)c12. The fourth-order valence-corrected chi connectivity index (χ4v) is 6.86. The number of benzene rings is 1. The molecule has 180 valence electrons. The molecule has 2 aliphatic rings. The largest absolute Gasteiger partial charge is 0.349 e. The predicted octanol–water partition coefficient (Wildman–Crippen LogP) is 4.36.